The minimum Gasteiger partial charge on any atom is -0.369 e. The number of ether oxygens (including phenoxy) is 1. The minimum atomic E-state index is 0.343. The van der Waals surface area contributed by atoms with Crippen LogP contribution in [0.1, 0.15) is 49.3 Å². The lowest BCUT2D eigenvalue weighted by atomic mass is 9.80. The van der Waals surface area contributed by atoms with Crippen molar-refractivity contribution in [1.29, 1.82) is 0 Å². The molecule has 0 unspecified atom stereocenters. The molecule has 1 aliphatic heterocycles. The van der Waals surface area contributed by atoms with Crippen molar-refractivity contribution in [1.82, 2.24) is 0 Å². The van der Waals surface area contributed by atoms with E-state index in [9.17, 15) is 0 Å². The fourth-order valence-electron chi connectivity index (χ4n) is 5.86. The number of hydrogen-bond donors (Lipinski definition) is 0. The molecule has 24 heavy (non-hydrogen) atoms. The van der Waals surface area contributed by atoms with E-state index in [0.717, 1.165) is 11.8 Å². The molecule has 0 aromatic heterocycles. The van der Waals surface area contributed by atoms with Gasteiger partial charge in [-0.25, -0.2) is 0 Å². The van der Waals surface area contributed by atoms with E-state index < -0.39 is 0 Å². The molecule has 2 aliphatic carbocycles. The number of benzene rings is 2. The van der Waals surface area contributed by atoms with Gasteiger partial charge in [-0.2, -0.15) is 0 Å². The van der Waals surface area contributed by atoms with Crippen molar-refractivity contribution in [3.63, 3.8) is 0 Å². The molecule has 1 spiro atoms. The molecule has 0 bridgehead atoms. The summed E-state index contributed by atoms with van der Waals surface area (Å²) in [5.41, 5.74) is 3.40. The molecule has 1 heteroatoms. The Morgan fingerprint density at radius 3 is 2.46 bits per heavy atom. The Labute approximate surface area is 145 Å². The highest BCUT2D eigenvalue weighted by atomic mass is 16.5. The van der Waals surface area contributed by atoms with Crippen LogP contribution < -0.4 is 0 Å². The standard InChI is InChI=1S/C23H26O/c1-3-9-17(10-4-1)14-15-19-21-22(18-11-5-2-6-12-18)24-20-13-7-8-16-23(19,20)21/h1-6,9-12,19-22H,7-8,13-16H2/t19-,20-,21+,22-,23-/m0/s1. The van der Waals surface area contributed by atoms with Crippen LogP contribution in [-0.4, -0.2) is 6.10 Å². The van der Waals surface area contributed by atoms with Gasteiger partial charge in [-0.05, 0) is 42.7 Å². The second-order valence-electron chi connectivity index (χ2n) is 7.97. The summed E-state index contributed by atoms with van der Waals surface area (Å²) < 4.78 is 6.59. The SMILES string of the molecule is c1ccc(CC[C@H]2[C@@H]3[C@H](c4ccccc4)O[C@H]4CCCC[C@@]342)cc1. The average molecular weight is 318 g/mol. The maximum absolute atomic E-state index is 6.59. The van der Waals surface area contributed by atoms with Crippen LogP contribution in [0, 0.1) is 17.3 Å². The summed E-state index contributed by atoms with van der Waals surface area (Å²) in [4.78, 5) is 0. The van der Waals surface area contributed by atoms with Gasteiger partial charge in [0.15, 0.2) is 0 Å². The molecule has 2 saturated carbocycles. The molecule has 5 rings (SSSR count). The third kappa shape index (κ3) is 2.18. The molecule has 0 N–H and O–H groups in total. The van der Waals surface area contributed by atoms with E-state index in [-0.39, 0.29) is 0 Å². The largest absolute Gasteiger partial charge is 0.369 e. The van der Waals surface area contributed by atoms with E-state index in [0.29, 0.717) is 17.6 Å². The van der Waals surface area contributed by atoms with E-state index >= 15 is 0 Å². The summed E-state index contributed by atoms with van der Waals surface area (Å²) in [6.07, 6.45) is 8.84. The Hall–Kier alpha value is -1.60. The van der Waals surface area contributed by atoms with Gasteiger partial charge in [-0.3, -0.25) is 0 Å². The predicted molar refractivity (Wildman–Crippen MR) is 96.7 cm³/mol. The molecule has 5 atom stereocenters. The van der Waals surface area contributed by atoms with Crippen molar-refractivity contribution in [2.75, 3.05) is 0 Å². The zero-order valence-electron chi connectivity index (χ0n) is 14.2. The first-order chi connectivity index (χ1) is 11.9. The molecule has 2 aromatic rings. The van der Waals surface area contributed by atoms with Crippen LogP contribution in [0.25, 0.3) is 0 Å². The van der Waals surface area contributed by atoms with Gasteiger partial charge in [-0.1, -0.05) is 73.5 Å². The number of aryl methyl sites for hydroxylation is 1. The Morgan fingerprint density at radius 1 is 0.917 bits per heavy atom. The molecule has 3 fully saturated rings. The second kappa shape index (κ2) is 5.74. The van der Waals surface area contributed by atoms with Gasteiger partial charge in [0.25, 0.3) is 0 Å². The van der Waals surface area contributed by atoms with Crippen LogP contribution in [0.3, 0.4) is 0 Å². The van der Waals surface area contributed by atoms with Gasteiger partial charge < -0.3 is 4.74 Å². The van der Waals surface area contributed by atoms with Crippen molar-refractivity contribution < 1.29 is 4.74 Å². The molecule has 0 amide bonds. The van der Waals surface area contributed by atoms with Crippen molar-refractivity contribution in [3.05, 3.63) is 71.8 Å². The zero-order valence-corrected chi connectivity index (χ0v) is 14.2. The first-order valence-electron chi connectivity index (χ1n) is 9.64. The maximum Gasteiger partial charge on any atom is 0.0866 e. The van der Waals surface area contributed by atoms with Gasteiger partial charge in [0.05, 0.1) is 12.2 Å². The molecule has 1 nitrogen and oxygen atoms in total. The number of rotatable bonds is 4. The molecular weight excluding hydrogens is 292 g/mol. The van der Waals surface area contributed by atoms with E-state index in [1.807, 2.05) is 0 Å². The van der Waals surface area contributed by atoms with E-state index in [4.69, 9.17) is 4.74 Å². The maximum atomic E-state index is 6.59. The zero-order chi connectivity index (χ0) is 16.0. The average Bonchev–Trinajstić information content (AvgIpc) is 3.12. The molecule has 3 aliphatic rings. The lowest BCUT2D eigenvalue weighted by Crippen LogP contribution is -2.28. The number of hydrogen-bond acceptors (Lipinski definition) is 1. The van der Waals surface area contributed by atoms with Crippen LogP contribution in [0.15, 0.2) is 60.7 Å². The molecule has 124 valence electrons. The second-order valence-corrected chi connectivity index (χ2v) is 7.97. The monoisotopic (exact) mass is 318 g/mol. The van der Waals surface area contributed by atoms with Crippen LogP contribution in [-0.2, 0) is 11.2 Å². The van der Waals surface area contributed by atoms with Gasteiger partial charge in [0.1, 0.15) is 0 Å². The Morgan fingerprint density at radius 2 is 1.67 bits per heavy atom. The molecule has 1 saturated heterocycles. The van der Waals surface area contributed by atoms with Crippen molar-refractivity contribution in [3.8, 4) is 0 Å². The Bertz CT molecular complexity index is 694. The van der Waals surface area contributed by atoms with E-state index in [2.05, 4.69) is 60.7 Å². The van der Waals surface area contributed by atoms with E-state index in [1.165, 1.54) is 49.7 Å². The summed E-state index contributed by atoms with van der Waals surface area (Å²) >= 11 is 0. The molecule has 1 heterocycles. The van der Waals surface area contributed by atoms with Gasteiger partial charge in [0, 0.05) is 11.3 Å². The fraction of sp³-hybridized carbons (Fsp3) is 0.478. The van der Waals surface area contributed by atoms with Crippen molar-refractivity contribution in [2.24, 2.45) is 17.3 Å². The third-order valence-electron chi connectivity index (χ3n) is 6.91. The summed E-state index contributed by atoms with van der Waals surface area (Å²) in [6.45, 7) is 0. The third-order valence-corrected chi connectivity index (χ3v) is 6.91. The highest BCUT2D eigenvalue weighted by molar-refractivity contribution is 5.30. The predicted octanol–water partition coefficient (Wildman–Crippen LogP) is 5.57. The van der Waals surface area contributed by atoms with Crippen LogP contribution in [0.5, 0.6) is 0 Å². The summed E-state index contributed by atoms with van der Waals surface area (Å²) in [7, 11) is 0. The lowest BCUT2D eigenvalue weighted by Gasteiger charge is -2.31. The van der Waals surface area contributed by atoms with Crippen molar-refractivity contribution >= 4 is 0 Å². The minimum absolute atomic E-state index is 0.343. The first kappa shape index (κ1) is 14.7. The topological polar surface area (TPSA) is 9.23 Å². The summed E-state index contributed by atoms with van der Waals surface area (Å²) in [5, 5.41) is 0. The fourth-order valence-corrected chi connectivity index (χ4v) is 5.86. The Kier molecular flexibility index (Phi) is 3.52. The molecular formula is C23H26O. The van der Waals surface area contributed by atoms with E-state index in [1.54, 1.807) is 0 Å². The van der Waals surface area contributed by atoms with Crippen LogP contribution in [0.2, 0.25) is 0 Å². The van der Waals surface area contributed by atoms with Gasteiger partial charge in [0.2, 0.25) is 0 Å². The van der Waals surface area contributed by atoms with Crippen LogP contribution in [0.4, 0.5) is 0 Å². The summed E-state index contributed by atoms with van der Waals surface area (Å²) in [6, 6.07) is 22.0. The normalized spacial score (nSPS) is 36.8. The highest BCUT2D eigenvalue weighted by Crippen LogP contribution is 2.77. The molecule has 0 radical (unpaired) electrons. The van der Waals surface area contributed by atoms with Crippen molar-refractivity contribution in [2.45, 2.75) is 50.7 Å². The smallest absolute Gasteiger partial charge is 0.0866 e. The quantitative estimate of drug-likeness (QED) is 0.716. The highest BCUT2D eigenvalue weighted by Gasteiger charge is 2.74. The first-order valence-corrected chi connectivity index (χ1v) is 9.64. The van der Waals surface area contributed by atoms with Gasteiger partial charge in [-0.15, -0.1) is 0 Å². The van der Waals surface area contributed by atoms with Crippen LogP contribution >= 0.6 is 0 Å². The van der Waals surface area contributed by atoms with Gasteiger partial charge >= 0.3 is 0 Å². The summed E-state index contributed by atoms with van der Waals surface area (Å²) in [5.74, 6) is 1.62. The Balaban J connectivity index is 1.38. The molecule has 2 aromatic carbocycles. The lowest BCUT2D eigenvalue weighted by molar-refractivity contribution is -0.0326.